The molecule has 0 unspecified atom stereocenters. The minimum atomic E-state index is 0.149. The van der Waals surface area contributed by atoms with Gasteiger partial charge in [-0.25, -0.2) is 0 Å². The number of carbonyl (C=O) groups excluding carboxylic acids is 1. The van der Waals surface area contributed by atoms with Crippen LogP contribution in [-0.4, -0.2) is 31.0 Å². The highest BCUT2D eigenvalue weighted by Gasteiger charge is 2.48. The van der Waals surface area contributed by atoms with Gasteiger partial charge in [0, 0.05) is 29.1 Å². The van der Waals surface area contributed by atoms with E-state index in [0.717, 1.165) is 37.2 Å². The summed E-state index contributed by atoms with van der Waals surface area (Å²) in [7, 11) is 1.62. The van der Waals surface area contributed by atoms with E-state index in [9.17, 15) is 4.79 Å². The smallest absolute Gasteiger partial charge is 0.227 e. The van der Waals surface area contributed by atoms with Crippen LogP contribution in [0.5, 0.6) is 5.75 Å². The fourth-order valence-corrected chi connectivity index (χ4v) is 4.84. The maximum atomic E-state index is 12.6. The molecule has 1 aromatic carbocycles. The monoisotopic (exact) mass is 347 g/mol. The molecule has 0 aromatic heterocycles. The van der Waals surface area contributed by atoms with E-state index in [-0.39, 0.29) is 11.3 Å². The van der Waals surface area contributed by atoms with E-state index in [0.29, 0.717) is 16.9 Å². The standard InChI is InChI=1S/C20H26ClNO2/c1-14-9-19(2,3)11-20(10-14)12-22(13-20)18(23)8-15-7-16(21)5-6-17(15)24-4/h5-7,10H,8-9,11-13H2,1-4H3. The minimum Gasteiger partial charge on any atom is -0.496 e. The molecule has 1 spiro atoms. The van der Waals surface area contributed by atoms with E-state index < -0.39 is 0 Å². The van der Waals surface area contributed by atoms with E-state index in [2.05, 4.69) is 26.8 Å². The largest absolute Gasteiger partial charge is 0.496 e. The molecule has 130 valence electrons. The highest BCUT2D eigenvalue weighted by atomic mass is 35.5. The van der Waals surface area contributed by atoms with Gasteiger partial charge >= 0.3 is 0 Å². The van der Waals surface area contributed by atoms with E-state index >= 15 is 0 Å². The van der Waals surface area contributed by atoms with Crippen molar-refractivity contribution in [1.82, 2.24) is 4.90 Å². The van der Waals surface area contributed by atoms with Crippen LogP contribution in [0.3, 0.4) is 0 Å². The lowest BCUT2D eigenvalue weighted by molar-refractivity contribution is -0.142. The lowest BCUT2D eigenvalue weighted by Crippen LogP contribution is -2.60. The van der Waals surface area contributed by atoms with Crippen LogP contribution < -0.4 is 4.74 Å². The zero-order chi connectivity index (χ0) is 17.5. The Balaban J connectivity index is 1.67. The first-order valence-corrected chi connectivity index (χ1v) is 8.88. The molecule has 0 N–H and O–H groups in total. The third-order valence-corrected chi connectivity index (χ3v) is 5.32. The third kappa shape index (κ3) is 3.46. The number of amides is 1. The van der Waals surface area contributed by atoms with E-state index in [1.165, 1.54) is 5.57 Å². The molecule has 0 saturated carbocycles. The van der Waals surface area contributed by atoms with E-state index in [1.54, 1.807) is 13.2 Å². The first-order chi connectivity index (χ1) is 11.2. The average molecular weight is 348 g/mol. The Hall–Kier alpha value is -1.48. The molecule has 1 saturated heterocycles. The molecule has 24 heavy (non-hydrogen) atoms. The Labute approximate surface area is 149 Å². The third-order valence-electron chi connectivity index (χ3n) is 5.09. The van der Waals surface area contributed by atoms with Crippen LogP contribution in [0.15, 0.2) is 29.8 Å². The van der Waals surface area contributed by atoms with Crippen LogP contribution in [0.1, 0.15) is 39.2 Å². The number of hydrogen-bond acceptors (Lipinski definition) is 2. The summed E-state index contributed by atoms with van der Waals surface area (Å²) in [5.41, 5.74) is 2.81. The van der Waals surface area contributed by atoms with Gasteiger partial charge < -0.3 is 9.64 Å². The van der Waals surface area contributed by atoms with Gasteiger partial charge in [0.2, 0.25) is 5.91 Å². The number of carbonyl (C=O) groups is 1. The Morgan fingerprint density at radius 3 is 2.67 bits per heavy atom. The summed E-state index contributed by atoms with van der Waals surface area (Å²) in [6, 6.07) is 5.42. The number of allylic oxidation sites excluding steroid dienone is 1. The molecule has 1 heterocycles. The van der Waals surface area contributed by atoms with Crippen LogP contribution in [-0.2, 0) is 11.2 Å². The van der Waals surface area contributed by atoms with Gasteiger partial charge in [-0.05, 0) is 43.4 Å². The van der Waals surface area contributed by atoms with Crippen molar-refractivity contribution in [3.05, 3.63) is 40.4 Å². The van der Waals surface area contributed by atoms with E-state index in [4.69, 9.17) is 16.3 Å². The molecule has 1 amide bonds. The van der Waals surface area contributed by atoms with Gasteiger partial charge in [0.1, 0.15) is 5.75 Å². The first-order valence-electron chi connectivity index (χ1n) is 8.51. The fourth-order valence-electron chi connectivity index (χ4n) is 4.65. The van der Waals surface area contributed by atoms with Crippen LogP contribution in [0.2, 0.25) is 5.02 Å². The first kappa shape index (κ1) is 17.3. The highest BCUT2D eigenvalue weighted by Crippen LogP contribution is 2.49. The summed E-state index contributed by atoms with van der Waals surface area (Å²) >= 11 is 6.06. The summed E-state index contributed by atoms with van der Waals surface area (Å²) in [5.74, 6) is 0.869. The molecule has 0 bridgehead atoms. The highest BCUT2D eigenvalue weighted by molar-refractivity contribution is 6.30. The molecule has 1 aliphatic carbocycles. The number of ether oxygens (including phenoxy) is 1. The van der Waals surface area contributed by atoms with Gasteiger partial charge in [0.15, 0.2) is 0 Å². The Kier molecular flexibility index (Phi) is 4.41. The van der Waals surface area contributed by atoms with Crippen LogP contribution in [0.25, 0.3) is 0 Å². The van der Waals surface area contributed by atoms with Gasteiger partial charge in [-0.15, -0.1) is 0 Å². The number of halogens is 1. The maximum Gasteiger partial charge on any atom is 0.227 e. The second kappa shape index (κ2) is 6.11. The van der Waals surface area contributed by atoms with Crippen molar-refractivity contribution in [3.63, 3.8) is 0 Å². The Morgan fingerprint density at radius 1 is 1.33 bits per heavy atom. The zero-order valence-electron chi connectivity index (χ0n) is 15.0. The maximum absolute atomic E-state index is 12.6. The van der Waals surface area contributed by atoms with Crippen LogP contribution >= 0.6 is 11.6 Å². The van der Waals surface area contributed by atoms with Gasteiger partial charge in [-0.2, -0.15) is 0 Å². The number of likely N-dealkylation sites (tertiary alicyclic amines) is 1. The predicted octanol–water partition coefficient (Wildman–Crippen LogP) is 4.49. The van der Waals surface area contributed by atoms with Gasteiger partial charge in [0.05, 0.1) is 13.5 Å². The minimum absolute atomic E-state index is 0.149. The lowest BCUT2D eigenvalue weighted by Gasteiger charge is -2.54. The van der Waals surface area contributed by atoms with Crippen molar-refractivity contribution in [3.8, 4) is 5.75 Å². The summed E-state index contributed by atoms with van der Waals surface area (Å²) in [6.07, 6.45) is 5.05. The van der Waals surface area contributed by atoms with Crippen molar-refractivity contribution in [2.45, 2.75) is 40.0 Å². The summed E-state index contributed by atoms with van der Waals surface area (Å²) < 4.78 is 5.34. The Bertz CT molecular complexity index is 687. The molecule has 0 atom stereocenters. The van der Waals surface area contributed by atoms with Gasteiger partial charge in [-0.1, -0.05) is 37.1 Å². The van der Waals surface area contributed by atoms with E-state index in [1.807, 2.05) is 17.0 Å². The summed E-state index contributed by atoms with van der Waals surface area (Å²) in [5, 5.41) is 0.631. The molecule has 1 aliphatic heterocycles. The number of benzene rings is 1. The van der Waals surface area contributed by atoms with Crippen molar-refractivity contribution < 1.29 is 9.53 Å². The van der Waals surface area contributed by atoms with Gasteiger partial charge in [-0.3, -0.25) is 4.79 Å². The number of hydrogen-bond donors (Lipinski definition) is 0. The molecule has 0 radical (unpaired) electrons. The molecular formula is C20H26ClNO2. The fraction of sp³-hybridized carbons (Fsp3) is 0.550. The second-order valence-corrected chi connectivity index (χ2v) is 8.69. The average Bonchev–Trinajstić information content (AvgIpc) is 2.42. The van der Waals surface area contributed by atoms with Gasteiger partial charge in [0.25, 0.3) is 0 Å². The zero-order valence-corrected chi connectivity index (χ0v) is 15.7. The van der Waals surface area contributed by atoms with Crippen LogP contribution in [0.4, 0.5) is 0 Å². The van der Waals surface area contributed by atoms with Crippen molar-refractivity contribution in [1.29, 1.82) is 0 Å². The number of methoxy groups -OCH3 is 1. The molecule has 3 rings (SSSR count). The number of nitrogens with zero attached hydrogens (tertiary/aromatic N) is 1. The normalized spacial score (nSPS) is 21.2. The SMILES string of the molecule is COc1ccc(Cl)cc1CC(=O)N1CC2(C=C(C)CC(C)(C)C2)C1. The lowest BCUT2D eigenvalue weighted by atomic mass is 9.62. The molecule has 2 aliphatic rings. The van der Waals surface area contributed by atoms with Crippen molar-refractivity contribution >= 4 is 17.5 Å². The summed E-state index contributed by atoms with van der Waals surface area (Å²) in [6.45, 7) is 8.52. The predicted molar refractivity (Wildman–Crippen MR) is 97.5 cm³/mol. The topological polar surface area (TPSA) is 29.5 Å². The quantitative estimate of drug-likeness (QED) is 0.754. The van der Waals surface area contributed by atoms with Crippen LogP contribution in [0, 0.1) is 10.8 Å². The Morgan fingerprint density at radius 2 is 2.04 bits per heavy atom. The van der Waals surface area contributed by atoms with Crippen molar-refractivity contribution in [2.75, 3.05) is 20.2 Å². The summed E-state index contributed by atoms with van der Waals surface area (Å²) in [4.78, 5) is 14.6. The molecule has 4 heteroatoms. The molecular weight excluding hydrogens is 322 g/mol. The number of rotatable bonds is 3. The van der Waals surface area contributed by atoms with Crippen molar-refractivity contribution in [2.24, 2.45) is 10.8 Å². The second-order valence-electron chi connectivity index (χ2n) is 8.25. The molecule has 3 nitrogen and oxygen atoms in total. The molecule has 1 fully saturated rings. The molecule has 1 aromatic rings.